The highest BCUT2D eigenvalue weighted by Gasteiger charge is 2.31. The van der Waals surface area contributed by atoms with Crippen LogP contribution in [0.3, 0.4) is 0 Å². The average Bonchev–Trinajstić information content (AvgIpc) is 2.59. The highest BCUT2D eigenvalue weighted by molar-refractivity contribution is 7.92. The molecule has 2 aromatic rings. The van der Waals surface area contributed by atoms with E-state index in [0.717, 1.165) is 22.7 Å². The molecule has 0 fully saturated rings. The number of sulfonamides is 1. The molecule has 0 bridgehead atoms. The van der Waals surface area contributed by atoms with Gasteiger partial charge in [-0.2, -0.15) is 13.2 Å². The minimum absolute atomic E-state index is 0.0606. The van der Waals surface area contributed by atoms with Crippen LogP contribution in [-0.2, 0) is 21.0 Å². The van der Waals surface area contributed by atoms with Crippen LogP contribution in [0.15, 0.2) is 42.5 Å². The molecule has 0 radical (unpaired) electrons. The average molecular weight is 449 g/mol. The SMILES string of the molecule is CC(=O)c1cccc(N(CC(=O)Nc2cc(C(F)(F)F)ccc2Cl)S(C)(=O)=O)c1. The van der Waals surface area contributed by atoms with Crippen molar-refractivity contribution >= 4 is 44.7 Å². The molecule has 0 aliphatic rings. The van der Waals surface area contributed by atoms with Gasteiger partial charge in [-0.05, 0) is 37.3 Å². The van der Waals surface area contributed by atoms with Crippen LogP contribution in [-0.4, -0.2) is 32.9 Å². The molecule has 29 heavy (non-hydrogen) atoms. The molecule has 11 heteroatoms. The number of Topliss-reactive ketones (excluding diaryl/α,β-unsaturated/α-hetero) is 1. The first-order chi connectivity index (χ1) is 13.3. The quantitative estimate of drug-likeness (QED) is 0.678. The molecule has 1 N–H and O–H groups in total. The van der Waals surface area contributed by atoms with Crippen molar-refractivity contribution in [3.8, 4) is 0 Å². The van der Waals surface area contributed by atoms with Crippen molar-refractivity contribution in [2.24, 2.45) is 0 Å². The molecule has 0 aliphatic heterocycles. The van der Waals surface area contributed by atoms with Crippen LogP contribution in [0.25, 0.3) is 0 Å². The molecule has 0 saturated carbocycles. The van der Waals surface area contributed by atoms with Crippen LogP contribution in [0.2, 0.25) is 5.02 Å². The molecule has 0 atom stereocenters. The van der Waals surface area contributed by atoms with Crippen molar-refractivity contribution in [2.75, 3.05) is 22.4 Å². The third kappa shape index (κ3) is 5.94. The van der Waals surface area contributed by atoms with Crippen LogP contribution < -0.4 is 9.62 Å². The first-order valence-electron chi connectivity index (χ1n) is 8.04. The Morgan fingerprint density at radius 1 is 1.14 bits per heavy atom. The first-order valence-corrected chi connectivity index (χ1v) is 10.3. The molecular formula is C18H16ClF3N2O4S. The molecule has 1 amide bonds. The molecule has 0 aromatic heterocycles. The number of carbonyl (C=O) groups excluding carboxylic acids is 2. The molecule has 0 spiro atoms. The van der Waals surface area contributed by atoms with Crippen LogP contribution in [0, 0.1) is 0 Å². The number of hydrogen-bond acceptors (Lipinski definition) is 4. The number of anilines is 2. The molecule has 0 heterocycles. The Bertz CT molecular complexity index is 1060. The molecule has 0 unspecified atom stereocenters. The maximum absolute atomic E-state index is 12.9. The lowest BCUT2D eigenvalue weighted by atomic mass is 10.1. The third-order valence-corrected chi connectivity index (χ3v) is 5.27. The maximum atomic E-state index is 12.9. The van der Waals surface area contributed by atoms with Crippen molar-refractivity contribution in [3.63, 3.8) is 0 Å². The summed E-state index contributed by atoms with van der Waals surface area (Å²) in [6, 6.07) is 8.01. The summed E-state index contributed by atoms with van der Waals surface area (Å²) in [4.78, 5) is 23.9. The van der Waals surface area contributed by atoms with E-state index in [-0.39, 0.29) is 27.7 Å². The number of hydrogen-bond donors (Lipinski definition) is 1. The highest BCUT2D eigenvalue weighted by atomic mass is 35.5. The van der Waals surface area contributed by atoms with E-state index in [1.54, 1.807) is 0 Å². The Morgan fingerprint density at radius 3 is 2.34 bits per heavy atom. The summed E-state index contributed by atoms with van der Waals surface area (Å²) in [6.07, 6.45) is -3.78. The van der Waals surface area contributed by atoms with E-state index in [0.29, 0.717) is 6.07 Å². The van der Waals surface area contributed by atoms with Crippen molar-refractivity contribution in [1.29, 1.82) is 0 Å². The molecule has 2 aromatic carbocycles. The Balaban J connectivity index is 2.31. The fraction of sp³-hybridized carbons (Fsp3) is 0.222. The van der Waals surface area contributed by atoms with Crippen molar-refractivity contribution < 1.29 is 31.2 Å². The van der Waals surface area contributed by atoms with E-state index in [1.165, 1.54) is 31.2 Å². The minimum atomic E-state index is -4.64. The first kappa shape index (κ1) is 22.7. The van der Waals surface area contributed by atoms with Crippen molar-refractivity contribution in [2.45, 2.75) is 13.1 Å². The lowest BCUT2D eigenvalue weighted by Gasteiger charge is -2.22. The molecule has 0 saturated heterocycles. The highest BCUT2D eigenvalue weighted by Crippen LogP contribution is 2.33. The van der Waals surface area contributed by atoms with E-state index in [9.17, 15) is 31.2 Å². The van der Waals surface area contributed by atoms with E-state index in [2.05, 4.69) is 5.32 Å². The topological polar surface area (TPSA) is 83.6 Å². The predicted molar refractivity (Wildman–Crippen MR) is 104 cm³/mol. The van der Waals surface area contributed by atoms with Gasteiger partial charge >= 0.3 is 6.18 Å². The fourth-order valence-corrected chi connectivity index (χ4v) is 3.41. The van der Waals surface area contributed by atoms with Crippen molar-refractivity contribution in [1.82, 2.24) is 0 Å². The molecular weight excluding hydrogens is 433 g/mol. The minimum Gasteiger partial charge on any atom is -0.323 e. The normalized spacial score (nSPS) is 11.8. The monoisotopic (exact) mass is 448 g/mol. The zero-order valence-electron chi connectivity index (χ0n) is 15.2. The Morgan fingerprint density at radius 2 is 1.79 bits per heavy atom. The van der Waals surface area contributed by atoms with Gasteiger partial charge in [-0.25, -0.2) is 8.42 Å². The number of rotatable bonds is 6. The number of ketones is 1. The van der Waals surface area contributed by atoms with Gasteiger partial charge < -0.3 is 5.32 Å². The van der Waals surface area contributed by atoms with E-state index in [1.807, 2.05) is 0 Å². The van der Waals surface area contributed by atoms with Gasteiger partial charge in [0.2, 0.25) is 15.9 Å². The smallest absolute Gasteiger partial charge is 0.323 e. The number of benzene rings is 2. The molecule has 0 aliphatic carbocycles. The number of nitrogens with zero attached hydrogens (tertiary/aromatic N) is 1. The fourth-order valence-electron chi connectivity index (χ4n) is 2.40. The van der Waals surface area contributed by atoms with E-state index < -0.39 is 34.2 Å². The third-order valence-electron chi connectivity index (χ3n) is 3.80. The summed E-state index contributed by atoms with van der Waals surface area (Å²) in [6.45, 7) is 0.568. The lowest BCUT2D eigenvalue weighted by Crippen LogP contribution is -2.37. The van der Waals surface area contributed by atoms with Crippen LogP contribution in [0.5, 0.6) is 0 Å². The second-order valence-electron chi connectivity index (χ2n) is 6.12. The van der Waals surface area contributed by atoms with E-state index >= 15 is 0 Å². The maximum Gasteiger partial charge on any atom is 0.416 e. The van der Waals surface area contributed by atoms with Crippen LogP contribution in [0.4, 0.5) is 24.5 Å². The molecule has 2 rings (SSSR count). The lowest BCUT2D eigenvalue weighted by molar-refractivity contribution is -0.137. The number of carbonyl (C=O) groups is 2. The van der Waals surface area contributed by atoms with Gasteiger partial charge in [0.1, 0.15) is 6.54 Å². The largest absolute Gasteiger partial charge is 0.416 e. The van der Waals surface area contributed by atoms with Gasteiger partial charge in [-0.15, -0.1) is 0 Å². The number of nitrogens with one attached hydrogen (secondary N) is 1. The van der Waals surface area contributed by atoms with Gasteiger partial charge in [0.05, 0.1) is 28.2 Å². The van der Waals surface area contributed by atoms with Gasteiger partial charge in [-0.3, -0.25) is 13.9 Å². The summed E-state index contributed by atoms with van der Waals surface area (Å²) in [5.74, 6) is -1.22. The number of alkyl halides is 3. The zero-order chi connectivity index (χ0) is 22.0. The Kier molecular flexibility index (Phi) is 6.59. The Hall–Kier alpha value is -2.59. The standard InChI is InChI=1S/C18H16ClF3N2O4S/c1-11(25)12-4-3-5-14(8-12)24(29(2,27)28)10-17(26)23-16-9-13(18(20,21)22)6-7-15(16)19/h3-9H,10H2,1-2H3,(H,23,26). The predicted octanol–water partition coefficient (Wildman–Crippen LogP) is 3.97. The second kappa shape index (κ2) is 8.42. The number of halogens is 4. The zero-order valence-corrected chi connectivity index (χ0v) is 16.8. The van der Waals surface area contributed by atoms with Crippen LogP contribution >= 0.6 is 11.6 Å². The van der Waals surface area contributed by atoms with Gasteiger partial charge in [0.25, 0.3) is 0 Å². The van der Waals surface area contributed by atoms with E-state index in [4.69, 9.17) is 11.6 Å². The summed E-state index contributed by atoms with van der Waals surface area (Å²) in [5, 5.41) is 2.05. The summed E-state index contributed by atoms with van der Waals surface area (Å²) < 4.78 is 63.6. The van der Waals surface area contributed by atoms with Crippen molar-refractivity contribution in [3.05, 3.63) is 58.6 Å². The second-order valence-corrected chi connectivity index (χ2v) is 8.43. The molecule has 156 valence electrons. The molecule has 6 nitrogen and oxygen atoms in total. The number of amides is 1. The summed E-state index contributed by atoms with van der Waals surface area (Å²) >= 11 is 5.84. The van der Waals surface area contributed by atoms with Gasteiger partial charge in [0, 0.05) is 5.56 Å². The van der Waals surface area contributed by atoms with Gasteiger partial charge in [0.15, 0.2) is 5.78 Å². The Labute approximate surface area is 170 Å². The van der Waals surface area contributed by atoms with Crippen LogP contribution in [0.1, 0.15) is 22.8 Å². The summed E-state index contributed by atoms with van der Waals surface area (Å²) in [5.41, 5.74) is -1.04. The van der Waals surface area contributed by atoms with Gasteiger partial charge in [-0.1, -0.05) is 23.7 Å². The summed E-state index contributed by atoms with van der Waals surface area (Å²) in [7, 11) is -3.94.